The standard InChI is InChI=1S/C25H24N6O5/c1-15-22(25(34)35)24(17-9-6-10-18-23(17)28-36-27-18)30-19(26-15)13-21(33)31(30)20(32)11-12-29(2)14-16-7-4-3-5-8-16/h3-10,13,22,24H,11-12,14H2,1-2H3,(H,34,35). The molecule has 0 bridgehead atoms. The number of rotatable bonds is 7. The lowest BCUT2D eigenvalue weighted by Gasteiger charge is -2.31. The first kappa shape index (κ1) is 23.4. The van der Waals surface area contributed by atoms with Crippen molar-refractivity contribution in [3.05, 3.63) is 76.1 Å². The third-order valence-electron chi connectivity index (χ3n) is 6.37. The molecule has 5 rings (SSSR count). The molecule has 184 valence electrons. The Balaban J connectivity index is 1.53. The predicted molar refractivity (Wildman–Crippen MR) is 131 cm³/mol. The minimum absolute atomic E-state index is 0.0512. The summed E-state index contributed by atoms with van der Waals surface area (Å²) in [6, 6.07) is 15.2. The highest BCUT2D eigenvalue weighted by molar-refractivity contribution is 6.03. The van der Waals surface area contributed by atoms with Gasteiger partial charge in [0.15, 0.2) is 5.82 Å². The molecular formula is C25H24N6O5. The van der Waals surface area contributed by atoms with Gasteiger partial charge < -0.3 is 10.0 Å². The van der Waals surface area contributed by atoms with Gasteiger partial charge in [-0.15, -0.1) is 0 Å². The summed E-state index contributed by atoms with van der Waals surface area (Å²) < 4.78 is 7.24. The zero-order valence-electron chi connectivity index (χ0n) is 19.7. The lowest BCUT2D eigenvalue weighted by Crippen LogP contribution is -2.41. The summed E-state index contributed by atoms with van der Waals surface area (Å²) in [6.07, 6.45) is 0.0512. The van der Waals surface area contributed by atoms with Crippen LogP contribution in [0.2, 0.25) is 0 Å². The second-order valence-electron chi connectivity index (χ2n) is 8.86. The summed E-state index contributed by atoms with van der Waals surface area (Å²) in [5.74, 6) is -2.52. The number of carbonyl (C=O) groups excluding carboxylic acids is 1. The Morgan fingerprint density at radius 1 is 1.11 bits per heavy atom. The molecule has 36 heavy (non-hydrogen) atoms. The van der Waals surface area contributed by atoms with Crippen molar-refractivity contribution in [3.63, 3.8) is 0 Å². The third kappa shape index (κ3) is 4.13. The lowest BCUT2D eigenvalue weighted by molar-refractivity contribution is -0.140. The monoisotopic (exact) mass is 488 g/mol. The molecule has 0 amide bonds. The molecule has 2 unspecified atom stereocenters. The molecule has 2 aromatic carbocycles. The van der Waals surface area contributed by atoms with Crippen molar-refractivity contribution >= 4 is 34.4 Å². The van der Waals surface area contributed by atoms with E-state index in [-0.39, 0.29) is 12.2 Å². The number of nitrogens with zero attached hydrogens (tertiary/aromatic N) is 6. The van der Waals surface area contributed by atoms with Crippen molar-refractivity contribution in [3.8, 4) is 0 Å². The molecule has 3 heterocycles. The normalized spacial score (nSPS) is 17.2. The fourth-order valence-corrected chi connectivity index (χ4v) is 4.72. The Bertz CT molecular complexity index is 1530. The molecule has 1 N–H and O–H groups in total. The van der Waals surface area contributed by atoms with Gasteiger partial charge in [0, 0.05) is 36.9 Å². The van der Waals surface area contributed by atoms with Crippen LogP contribution < -0.4 is 5.56 Å². The molecule has 0 spiro atoms. The first-order valence-electron chi connectivity index (χ1n) is 11.4. The van der Waals surface area contributed by atoms with Crippen LogP contribution in [0.1, 0.15) is 35.3 Å². The van der Waals surface area contributed by atoms with Gasteiger partial charge in [0.25, 0.3) is 5.56 Å². The van der Waals surface area contributed by atoms with E-state index in [2.05, 4.69) is 15.3 Å². The van der Waals surface area contributed by atoms with Crippen LogP contribution in [0.3, 0.4) is 0 Å². The van der Waals surface area contributed by atoms with E-state index in [1.165, 1.54) is 10.7 Å². The Morgan fingerprint density at radius 3 is 2.64 bits per heavy atom. The van der Waals surface area contributed by atoms with Crippen LogP contribution >= 0.6 is 0 Å². The van der Waals surface area contributed by atoms with E-state index in [4.69, 9.17) is 4.63 Å². The minimum atomic E-state index is -1.14. The van der Waals surface area contributed by atoms with Gasteiger partial charge in [-0.05, 0) is 35.9 Å². The first-order valence-corrected chi connectivity index (χ1v) is 11.4. The Labute approximate surface area is 205 Å². The van der Waals surface area contributed by atoms with Crippen molar-refractivity contribution in [1.29, 1.82) is 0 Å². The second kappa shape index (κ2) is 9.34. The number of benzene rings is 2. The van der Waals surface area contributed by atoms with Crippen molar-refractivity contribution in [1.82, 2.24) is 24.6 Å². The van der Waals surface area contributed by atoms with Gasteiger partial charge in [-0.2, -0.15) is 4.68 Å². The molecule has 2 atom stereocenters. The number of aliphatic carboxylic acids is 1. The molecule has 2 aromatic heterocycles. The Kier molecular flexibility index (Phi) is 6.06. The summed E-state index contributed by atoms with van der Waals surface area (Å²) >= 11 is 0. The maximum absolute atomic E-state index is 13.4. The molecule has 1 aliphatic heterocycles. The maximum Gasteiger partial charge on any atom is 0.314 e. The van der Waals surface area contributed by atoms with Crippen LogP contribution in [0, 0.1) is 5.92 Å². The minimum Gasteiger partial charge on any atom is -0.481 e. The Hall–Kier alpha value is -4.38. The van der Waals surface area contributed by atoms with Crippen molar-refractivity contribution in [2.24, 2.45) is 10.9 Å². The molecule has 11 nitrogen and oxygen atoms in total. The Morgan fingerprint density at radius 2 is 1.89 bits per heavy atom. The zero-order valence-corrected chi connectivity index (χ0v) is 19.7. The summed E-state index contributed by atoms with van der Waals surface area (Å²) in [6.45, 7) is 2.64. The molecule has 11 heteroatoms. The lowest BCUT2D eigenvalue weighted by atomic mass is 9.87. The predicted octanol–water partition coefficient (Wildman–Crippen LogP) is 2.74. The maximum atomic E-state index is 13.4. The van der Waals surface area contributed by atoms with Crippen LogP contribution in [-0.2, 0) is 11.3 Å². The van der Waals surface area contributed by atoms with Gasteiger partial charge in [-0.1, -0.05) is 42.5 Å². The van der Waals surface area contributed by atoms with E-state index in [0.29, 0.717) is 35.4 Å². The molecule has 0 fully saturated rings. The van der Waals surface area contributed by atoms with E-state index in [9.17, 15) is 19.5 Å². The number of aliphatic imine (C=N–C) groups is 1. The van der Waals surface area contributed by atoms with Gasteiger partial charge in [0.2, 0.25) is 5.91 Å². The summed E-state index contributed by atoms with van der Waals surface area (Å²) in [4.78, 5) is 45.1. The van der Waals surface area contributed by atoms with E-state index >= 15 is 0 Å². The number of hydrogen-bond donors (Lipinski definition) is 1. The van der Waals surface area contributed by atoms with Crippen LogP contribution in [0.4, 0.5) is 5.82 Å². The fourth-order valence-electron chi connectivity index (χ4n) is 4.72. The summed E-state index contributed by atoms with van der Waals surface area (Å²) in [7, 11) is 1.89. The highest BCUT2D eigenvalue weighted by Crippen LogP contribution is 2.38. The van der Waals surface area contributed by atoms with Gasteiger partial charge in [-0.3, -0.25) is 14.4 Å². The topological polar surface area (TPSA) is 136 Å². The fraction of sp³-hybridized carbons (Fsp3) is 0.280. The van der Waals surface area contributed by atoms with Crippen molar-refractivity contribution in [2.45, 2.75) is 25.9 Å². The number of carboxylic acids is 1. The van der Waals surface area contributed by atoms with Crippen LogP contribution in [0.25, 0.3) is 11.0 Å². The number of carboxylic acid groups (broad SMARTS) is 1. The van der Waals surface area contributed by atoms with Crippen LogP contribution in [-0.4, -0.2) is 60.9 Å². The summed E-state index contributed by atoms with van der Waals surface area (Å²) in [5, 5.41) is 17.9. The molecule has 0 aliphatic carbocycles. The molecule has 0 radical (unpaired) electrons. The SMILES string of the molecule is CC1=Nc2cc(=O)n(C(=O)CCN(C)Cc3ccccc3)n2C(c2cccc3nonc23)C1C(=O)O. The van der Waals surface area contributed by atoms with Crippen molar-refractivity contribution in [2.75, 3.05) is 13.6 Å². The van der Waals surface area contributed by atoms with Gasteiger partial charge >= 0.3 is 5.97 Å². The van der Waals surface area contributed by atoms with Gasteiger partial charge in [0.05, 0.1) is 6.04 Å². The van der Waals surface area contributed by atoms with E-state index in [0.717, 1.165) is 10.2 Å². The molecule has 4 aromatic rings. The van der Waals surface area contributed by atoms with E-state index in [1.807, 2.05) is 42.3 Å². The average molecular weight is 489 g/mol. The molecule has 0 saturated carbocycles. The van der Waals surface area contributed by atoms with Crippen LogP contribution in [0.15, 0.2) is 69.0 Å². The second-order valence-corrected chi connectivity index (χ2v) is 8.86. The zero-order chi connectivity index (χ0) is 25.4. The smallest absolute Gasteiger partial charge is 0.314 e. The molecule has 1 aliphatic rings. The van der Waals surface area contributed by atoms with Gasteiger partial charge in [-0.25, -0.2) is 14.3 Å². The highest BCUT2D eigenvalue weighted by Gasteiger charge is 2.41. The largest absolute Gasteiger partial charge is 0.481 e. The number of fused-ring (bicyclic) bond motifs is 2. The number of aromatic nitrogens is 4. The third-order valence-corrected chi connectivity index (χ3v) is 6.37. The molecular weight excluding hydrogens is 464 g/mol. The average Bonchev–Trinajstić information content (AvgIpc) is 3.45. The van der Waals surface area contributed by atoms with Crippen molar-refractivity contribution < 1.29 is 19.3 Å². The van der Waals surface area contributed by atoms with Gasteiger partial charge in [0.1, 0.15) is 17.0 Å². The first-order chi connectivity index (χ1) is 17.3. The van der Waals surface area contributed by atoms with E-state index in [1.54, 1.807) is 25.1 Å². The number of hydrogen-bond acceptors (Lipinski definition) is 8. The van der Waals surface area contributed by atoms with E-state index < -0.39 is 29.4 Å². The quantitative estimate of drug-likeness (QED) is 0.419. The van der Waals surface area contributed by atoms with Crippen LogP contribution in [0.5, 0.6) is 0 Å². The highest BCUT2D eigenvalue weighted by atomic mass is 16.6. The summed E-state index contributed by atoms with van der Waals surface area (Å²) in [5.41, 5.74) is 2.11. The number of carbonyl (C=O) groups is 2. The molecule has 0 saturated heterocycles.